The summed E-state index contributed by atoms with van der Waals surface area (Å²) >= 11 is 0. The van der Waals surface area contributed by atoms with Crippen molar-refractivity contribution in [3.8, 4) is 6.07 Å². The predicted octanol–water partition coefficient (Wildman–Crippen LogP) is 3.36. The van der Waals surface area contributed by atoms with Crippen molar-refractivity contribution in [3.05, 3.63) is 59.3 Å². The van der Waals surface area contributed by atoms with Gasteiger partial charge in [-0.2, -0.15) is 5.26 Å². The van der Waals surface area contributed by atoms with E-state index in [1.54, 1.807) is 0 Å². The van der Waals surface area contributed by atoms with Crippen LogP contribution >= 0.6 is 0 Å². The smallest absolute Gasteiger partial charge is 0.145 e. The Morgan fingerprint density at radius 3 is 2.54 bits per heavy atom. The summed E-state index contributed by atoms with van der Waals surface area (Å²) in [7, 11) is 0. The zero-order valence-corrected chi connectivity index (χ0v) is 14.7. The maximum Gasteiger partial charge on any atom is 0.145 e. The molecule has 2 heterocycles. The van der Waals surface area contributed by atoms with Crippen LogP contribution in [0.4, 0.5) is 5.82 Å². The normalized spacial score (nSPS) is 17.5. The summed E-state index contributed by atoms with van der Waals surface area (Å²) in [5.74, 6) is 0.907. The van der Waals surface area contributed by atoms with Crippen LogP contribution < -0.4 is 4.90 Å². The van der Waals surface area contributed by atoms with Crippen molar-refractivity contribution in [3.63, 3.8) is 0 Å². The molecule has 0 atom stereocenters. The summed E-state index contributed by atoms with van der Waals surface area (Å²) in [6.45, 7) is 10.3. The maximum atomic E-state index is 9.21. The van der Waals surface area contributed by atoms with E-state index in [2.05, 4.69) is 65.0 Å². The van der Waals surface area contributed by atoms with Gasteiger partial charge in [0.15, 0.2) is 0 Å². The third-order valence-corrected chi connectivity index (χ3v) is 4.80. The first-order valence-electron chi connectivity index (χ1n) is 8.41. The minimum absolute atomic E-state index is 0.0491. The standard InChI is InChI=1S/C20H24N4/c1-16-9-10-19(22-18(16)13-21)23-11-12-24(20(2,3)15-23)14-17-7-5-4-6-8-17/h4-10H,11-12,14-15H2,1-3H3. The molecule has 3 rings (SSSR count). The van der Waals surface area contributed by atoms with Crippen LogP contribution in [-0.4, -0.2) is 35.1 Å². The van der Waals surface area contributed by atoms with Gasteiger partial charge in [-0.3, -0.25) is 4.90 Å². The van der Waals surface area contributed by atoms with E-state index in [9.17, 15) is 5.26 Å². The summed E-state index contributed by atoms with van der Waals surface area (Å²) in [6, 6.07) is 16.8. The molecule has 4 heteroatoms. The Labute approximate surface area is 144 Å². The molecule has 4 nitrogen and oxygen atoms in total. The average Bonchev–Trinajstić information content (AvgIpc) is 2.58. The fourth-order valence-corrected chi connectivity index (χ4v) is 3.29. The molecule has 0 radical (unpaired) electrons. The molecule has 0 unspecified atom stereocenters. The second-order valence-electron chi connectivity index (χ2n) is 7.09. The fourth-order valence-electron chi connectivity index (χ4n) is 3.29. The molecular formula is C20H24N4. The Morgan fingerprint density at radius 2 is 1.88 bits per heavy atom. The number of benzene rings is 1. The average molecular weight is 320 g/mol. The molecule has 0 aliphatic carbocycles. The molecule has 24 heavy (non-hydrogen) atoms. The second-order valence-corrected chi connectivity index (χ2v) is 7.09. The highest BCUT2D eigenvalue weighted by Gasteiger charge is 2.34. The molecule has 1 aliphatic heterocycles. The molecule has 124 valence electrons. The third-order valence-electron chi connectivity index (χ3n) is 4.80. The SMILES string of the molecule is Cc1ccc(N2CCN(Cc3ccccc3)C(C)(C)C2)nc1C#N. The van der Waals surface area contributed by atoms with Gasteiger partial charge in [-0.05, 0) is 38.0 Å². The van der Waals surface area contributed by atoms with Gasteiger partial charge >= 0.3 is 0 Å². The number of aromatic nitrogens is 1. The highest BCUT2D eigenvalue weighted by Crippen LogP contribution is 2.26. The molecular weight excluding hydrogens is 296 g/mol. The first-order chi connectivity index (χ1) is 11.5. The van der Waals surface area contributed by atoms with Gasteiger partial charge in [-0.1, -0.05) is 36.4 Å². The van der Waals surface area contributed by atoms with Crippen LogP contribution in [0.2, 0.25) is 0 Å². The quantitative estimate of drug-likeness (QED) is 0.870. The Bertz CT molecular complexity index is 746. The van der Waals surface area contributed by atoms with E-state index in [1.807, 2.05) is 19.1 Å². The summed E-state index contributed by atoms with van der Waals surface area (Å²) in [5, 5.41) is 9.21. The van der Waals surface area contributed by atoms with Crippen molar-refractivity contribution in [2.75, 3.05) is 24.5 Å². The molecule has 1 aromatic carbocycles. The van der Waals surface area contributed by atoms with E-state index in [4.69, 9.17) is 0 Å². The van der Waals surface area contributed by atoms with E-state index >= 15 is 0 Å². The van der Waals surface area contributed by atoms with Gasteiger partial charge in [-0.15, -0.1) is 0 Å². The van der Waals surface area contributed by atoms with Crippen LogP contribution in [0.3, 0.4) is 0 Å². The van der Waals surface area contributed by atoms with E-state index < -0.39 is 0 Å². The molecule has 0 saturated carbocycles. The van der Waals surface area contributed by atoms with E-state index in [1.165, 1.54) is 5.56 Å². The van der Waals surface area contributed by atoms with Crippen molar-refractivity contribution in [1.29, 1.82) is 5.26 Å². The molecule has 0 spiro atoms. The Balaban J connectivity index is 1.75. The monoisotopic (exact) mass is 320 g/mol. The fraction of sp³-hybridized carbons (Fsp3) is 0.400. The van der Waals surface area contributed by atoms with Crippen molar-refractivity contribution >= 4 is 5.82 Å². The Morgan fingerprint density at radius 1 is 1.12 bits per heavy atom. The molecule has 1 saturated heterocycles. The molecule has 0 amide bonds. The van der Waals surface area contributed by atoms with E-state index in [0.29, 0.717) is 5.69 Å². The number of piperazine rings is 1. The van der Waals surface area contributed by atoms with Crippen LogP contribution in [0.25, 0.3) is 0 Å². The Kier molecular flexibility index (Phi) is 4.55. The summed E-state index contributed by atoms with van der Waals surface area (Å²) in [5.41, 5.74) is 2.85. The van der Waals surface area contributed by atoms with Crippen LogP contribution in [0, 0.1) is 18.3 Å². The molecule has 0 N–H and O–H groups in total. The molecule has 1 aromatic heterocycles. The minimum atomic E-state index is 0.0491. The predicted molar refractivity (Wildman–Crippen MR) is 96.8 cm³/mol. The lowest BCUT2D eigenvalue weighted by atomic mass is 9.97. The lowest BCUT2D eigenvalue weighted by Crippen LogP contribution is -2.59. The number of aryl methyl sites for hydroxylation is 1. The summed E-state index contributed by atoms with van der Waals surface area (Å²) in [6.07, 6.45) is 0. The summed E-state index contributed by atoms with van der Waals surface area (Å²) in [4.78, 5) is 9.35. The molecule has 1 aliphatic rings. The zero-order chi connectivity index (χ0) is 17.2. The lowest BCUT2D eigenvalue weighted by Gasteiger charge is -2.47. The van der Waals surface area contributed by atoms with Gasteiger partial charge in [0.1, 0.15) is 17.6 Å². The Hall–Kier alpha value is -2.38. The van der Waals surface area contributed by atoms with Crippen LogP contribution in [-0.2, 0) is 6.54 Å². The van der Waals surface area contributed by atoms with Gasteiger partial charge in [-0.25, -0.2) is 4.98 Å². The number of rotatable bonds is 3. The number of pyridine rings is 1. The maximum absolute atomic E-state index is 9.21. The summed E-state index contributed by atoms with van der Waals surface area (Å²) < 4.78 is 0. The number of hydrogen-bond donors (Lipinski definition) is 0. The van der Waals surface area contributed by atoms with Crippen LogP contribution in [0.1, 0.15) is 30.7 Å². The number of nitrogens with zero attached hydrogens (tertiary/aromatic N) is 4. The van der Waals surface area contributed by atoms with Gasteiger partial charge in [0, 0.05) is 31.7 Å². The molecule has 1 fully saturated rings. The van der Waals surface area contributed by atoms with Gasteiger partial charge in [0.2, 0.25) is 0 Å². The number of hydrogen-bond acceptors (Lipinski definition) is 4. The van der Waals surface area contributed by atoms with Gasteiger partial charge < -0.3 is 4.90 Å². The lowest BCUT2D eigenvalue weighted by molar-refractivity contribution is 0.0959. The number of nitriles is 1. The highest BCUT2D eigenvalue weighted by molar-refractivity contribution is 5.45. The zero-order valence-electron chi connectivity index (χ0n) is 14.7. The van der Waals surface area contributed by atoms with Crippen molar-refractivity contribution in [2.45, 2.75) is 32.9 Å². The first kappa shape index (κ1) is 16.5. The second kappa shape index (κ2) is 6.62. The first-order valence-corrected chi connectivity index (χ1v) is 8.41. The van der Waals surface area contributed by atoms with E-state index in [-0.39, 0.29) is 5.54 Å². The topological polar surface area (TPSA) is 43.2 Å². The number of anilines is 1. The van der Waals surface area contributed by atoms with Crippen molar-refractivity contribution in [1.82, 2.24) is 9.88 Å². The van der Waals surface area contributed by atoms with Crippen molar-refractivity contribution in [2.24, 2.45) is 0 Å². The largest absolute Gasteiger partial charge is 0.353 e. The minimum Gasteiger partial charge on any atom is -0.353 e. The van der Waals surface area contributed by atoms with Gasteiger partial charge in [0.05, 0.1) is 0 Å². The third kappa shape index (κ3) is 3.42. The molecule has 0 bridgehead atoms. The molecule has 2 aromatic rings. The van der Waals surface area contributed by atoms with Crippen molar-refractivity contribution < 1.29 is 0 Å². The van der Waals surface area contributed by atoms with Crippen LogP contribution in [0.5, 0.6) is 0 Å². The highest BCUT2D eigenvalue weighted by atomic mass is 15.3. The van der Waals surface area contributed by atoms with Crippen LogP contribution in [0.15, 0.2) is 42.5 Å². The van der Waals surface area contributed by atoms with E-state index in [0.717, 1.165) is 37.6 Å². The van der Waals surface area contributed by atoms with Gasteiger partial charge in [0.25, 0.3) is 0 Å².